The minimum atomic E-state index is -4.04. The van der Waals surface area contributed by atoms with E-state index in [-0.39, 0.29) is 37.3 Å². The SMILES string of the molecule is CC[C@@H]1C[C@H](C)CC/C=C\[C@@H]2C[C@@]2(C(=O)NS(=O)(=O)C2(C)CC2)NC(=O)[C@@H]2C[C@@H](Oc3nc(-c4ccc(OC(C)C)cn4)cc4cc(OC)ccc34)CN2C(=O)[C@H]1NC(=O)O. The Balaban J connectivity index is 1.25. The highest BCUT2D eigenvalue weighted by molar-refractivity contribution is 7.91. The molecular weight excluding hydrogens is 805 g/mol. The van der Waals surface area contributed by atoms with Crippen molar-refractivity contribution < 1.29 is 46.9 Å². The summed E-state index contributed by atoms with van der Waals surface area (Å²) >= 11 is 0. The number of allylic oxidation sites excluding steroid dienone is 1. The summed E-state index contributed by atoms with van der Waals surface area (Å²) in [6.07, 6.45) is 6.52. The van der Waals surface area contributed by atoms with Crippen molar-refractivity contribution in [1.29, 1.82) is 0 Å². The second kappa shape index (κ2) is 17.1. The highest BCUT2D eigenvalue weighted by atomic mass is 32.2. The molecule has 1 saturated heterocycles. The van der Waals surface area contributed by atoms with E-state index in [2.05, 4.69) is 20.3 Å². The number of methoxy groups -OCH3 is 1. The van der Waals surface area contributed by atoms with E-state index < -0.39 is 74.1 Å². The Morgan fingerprint density at radius 2 is 1.84 bits per heavy atom. The number of hydrogen-bond acceptors (Lipinski definition) is 11. The van der Waals surface area contributed by atoms with E-state index >= 15 is 0 Å². The van der Waals surface area contributed by atoms with Gasteiger partial charge in [0.15, 0.2) is 0 Å². The van der Waals surface area contributed by atoms with Crippen molar-refractivity contribution in [3.63, 3.8) is 0 Å². The molecule has 0 radical (unpaired) electrons. The van der Waals surface area contributed by atoms with Gasteiger partial charge in [-0.15, -0.1) is 0 Å². The first-order valence-electron chi connectivity index (χ1n) is 21.1. The fourth-order valence-corrected chi connectivity index (χ4v) is 9.84. The number of aromatic nitrogens is 2. The number of hydrogen-bond donors (Lipinski definition) is 4. The molecule has 3 aromatic rings. The van der Waals surface area contributed by atoms with E-state index in [0.29, 0.717) is 60.4 Å². The molecule has 2 saturated carbocycles. The summed E-state index contributed by atoms with van der Waals surface area (Å²) in [6, 6.07) is 8.45. The number of nitrogens with zero attached hydrogens (tertiary/aromatic N) is 3. The summed E-state index contributed by atoms with van der Waals surface area (Å²) in [5, 5.41) is 16.7. The number of carboxylic acid groups (broad SMARTS) is 1. The molecule has 2 aliphatic heterocycles. The minimum Gasteiger partial charge on any atom is -0.497 e. The Bertz CT molecular complexity index is 2320. The molecule has 4 aliphatic rings. The van der Waals surface area contributed by atoms with Gasteiger partial charge in [-0.05, 0) is 113 Å². The van der Waals surface area contributed by atoms with Crippen LogP contribution in [0.4, 0.5) is 4.79 Å². The average molecular weight is 861 g/mol. The zero-order chi connectivity index (χ0) is 43.9. The molecule has 2 aliphatic carbocycles. The molecule has 1 aromatic carbocycles. The van der Waals surface area contributed by atoms with Gasteiger partial charge in [0.1, 0.15) is 35.2 Å². The second-order valence-corrected chi connectivity index (χ2v) is 19.7. The van der Waals surface area contributed by atoms with Crippen molar-refractivity contribution in [3.05, 3.63) is 54.7 Å². The first kappa shape index (κ1) is 43.6. The number of sulfonamides is 1. The monoisotopic (exact) mass is 860 g/mol. The molecule has 328 valence electrons. The van der Waals surface area contributed by atoms with Crippen LogP contribution in [-0.2, 0) is 24.4 Å². The van der Waals surface area contributed by atoms with Crippen LogP contribution in [0.2, 0.25) is 0 Å². The van der Waals surface area contributed by atoms with Crippen molar-refractivity contribution in [3.8, 4) is 28.8 Å². The third-order valence-corrected chi connectivity index (χ3v) is 14.7. The maximum atomic E-state index is 14.8. The smallest absolute Gasteiger partial charge is 0.405 e. The van der Waals surface area contributed by atoms with Crippen LogP contribution in [0.1, 0.15) is 86.0 Å². The van der Waals surface area contributed by atoms with Crippen LogP contribution in [0.3, 0.4) is 0 Å². The van der Waals surface area contributed by atoms with Gasteiger partial charge in [-0.3, -0.25) is 24.1 Å². The van der Waals surface area contributed by atoms with Crippen molar-refractivity contribution in [1.82, 2.24) is 30.2 Å². The topological polar surface area (TPSA) is 215 Å². The summed E-state index contributed by atoms with van der Waals surface area (Å²) in [5.74, 6) is -1.49. The molecule has 4 N–H and O–H groups in total. The lowest BCUT2D eigenvalue weighted by Crippen LogP contribution is -2.59. The molecule has 7 atom stereocenters. The van der Waals surface area contributed by atoms with Crippen molar-refractivity contribution in [2.24, 2.45) is 17.8 Å². The van der Waals surface area contributed by atoms with Gasteiger partial charge in [0, 0.05) is 17.7 Å². The Hall–Kier alpha value is -5.45. The van der Waals surface area contributed by atoms with E-state index in [0.717, 1.165) is 11.8 Å². The van der Waals surface area contributed by atoms with Gasteiger partial charge >= 0.3 is 6.09 Å². The first-order valence-corrected chi connectivity index (χ1v) is 22.6. The van der Waals surface area contributed by atoms with Gasteiger partial charge in [0.2, 0.25) is 27.7 Å². The van der Waals surface area contributed by atoms with E-state index in [1.807, 2.05) is 52.0 Å². The van der Waals surface area contributed by atoms with Gasteiger partial charge in [0.25, 0.3) is 5.91 Å². The number of fused-ring (bicyclic) bond motifs is 3. The van der Waals surface area contributed by atoms with E-state index in [4.69, 9.17) is 19.2 Å². The van der Waals surface area contributed by atoms with Gasteiger partial charge in [0.05, 0.1) is 42.1 Å². The first-order chi connectivity index (χ1) is 29.0. The highest BCUT2D eigenvalue weighted by Crippen LogP contribution is 2.48. The molecular formula is C44H56N6O10S. The number of carbonyl (C=O) groups is 4. The van der Waals surface area contributed by atoms with Crippen LogP contribution in [0, 0.1) is 17.8 Å². The maximum absolute atomic E-state index is 14.8. The molecule has 0 unspecified atom stereocenters. The normalized spacial score (nSPS) is 28.0. The molecule has 7 rings (SSSR count). The van der Waals surface area contributed by atoms with Crippen molar-refractivity contribution >= 4 is 44.6 Å². The molecule has 17 heteroatoms. The minimum absolute atomic E-state index is 0.0395. The van der Waals surface area contributed by atoms with Crippen molar-refractivity contribution in [2.75, 3.05) is 13.7 Å². The molecule has 4 amide bonds. The lowest BCUT2D eigenvalue weighted by Gasteiger charge is -2.33. The van der Waals surface area contributed by atoms with Crippen LogP contribution in [0.25, 0.3) is 22.2 Å². The van der Waals surface area contributed by atoms with Gasteiger partial charge in [-0.2, -0.15) is 0 Å². The number of ether oxygens (including phenoxy) is 3. The molecule has 16 nitrogen and oxygen atoms in total. The average Bonchev–Trinajstić information content (AvgIpc) is 4.10. The Labute approximate surface area is 356 Å². The number of nitrogens with one attached hydrogen (secondary N) is 3. The van der Waals surface area contributed by atoms with Crippen LogP contribution in [0.15, 0.2) is 54.7 Å². The van der Waals surface area contributed by atoms with Gasteiger partial charge < -0.3 is 34.9 Å². The summed E-state index contributed by atoms with van der Waals surface area (Å²) in [7, 11) is -2.47. The summed E-state index contributed by atoms with van der Waals surface area (Å²) in [6.45, 7) is 9.26. The van der Waals surface area contributed by atoms with Gasteiger partial charge in [-0.25, -0.2) is 18.2 Å². The van der Waals surface area contributed by atoms with Crippen LogP contribution in [-0.4, -0.2) is 100 Å². The standard InChI is InChI=1S/C44H56N6O10S/c1-7-27-18-26(4)10-8-9-11-29-22-44(29,41(53)49-61(56,57)43(5)16-17-43)48-38(51)36-21-32(24-50(36)40(52)37(27)47-42(54)55)60-39-33-14-12-30(58-6)19-28(33)20-35(46-39)34-15-13-31(23-45-34)59-25(2)3/h9,11-15,19-20,23,25-27,29,32,36-37,47H,7-8,10,16-18,21-22,24H2,1-6H3,(H,48,51)(H,49,53)(H,54,55)/b11-9-/t26-,27-,29-,32-,36+,37+,44-/m1/s1. The van der Waals surface area contributed by atoms with Crippen molar-refractivity contribution in [2.45, 2.75) is 121 Å². The Morgan fingerprint density at radius 1 is 1.08 bits per heavy atom. The summed E-state index contributed by atoms with van der Waals surface area (Å²) in [4.78, 5) is 66.5. The maximum Gasteiger partial charge on any atom is 0.405 e. The lowest BCUT2D eigenvalue weighted by atomic mass is 9.85. The molecule has 3 fully saturated rings. The predicted molar refractivity (Wildman–Crippen MR) is 226 cm³/mol. The molecule has 0 bridgehead atoms. The molecule has 2 aromatic heterocycles. The molecule has 0 spiro atoms. The van der Waals surface area contributed by atoms with Crippen LogP contribution < -0.4 is 29.6 Å². The van der Waals surface area contributed by atoms with Gasteiger partial charge in [-0.1, -0.05) is 32.4 Å². The van der Waals surface area contributed by atoms with Crippen LogP contribution >= 0.6 is 0 Å². The number of benzene rings is 1. The zero-order valence-corrected chi connectivity index (χ0v) is 36.3. The Morgan fingerprint density at radius 3 is 2.49 bits per heavy atom. The summed E-state index contributed by atoms with van der Waals surface area (Å²) in [5.41, 5.74) is -0.560. The number of rotatable bonds is 11. The Kier molecular flexibility index (Phi) is 12.3. The third-order valence-electron chi connectivity index (χ3n) is 12.5. The van der Waals surface area contributed by atoms with Crippen LogP contribution in [0.5, 0.6) is 17.4 Å². The largest absolute Gasteiger partial charge is 0.497 e. The number of pyridine rings is 2. The lowest BCUT2D eigenvalue weighted by molar-refractivity contribution is -0.142. The fourth-order valence-electron chi connectivity index (χ4n) is 8.53. The van der Waals surface area contributed by atoms with E-state index in [1.165, 1.54) is 4.90 Å². The molecule has 4 heterocycles. The van der Waals surface area contributed by atoms with E-state index in [9.17, 15) is 32.7 Å². The van der Waals surface area contributed by atoms with E-state index in [1.54, 1.807) is 44.5 Å². The molecule has 61 heavy (non-hydrogen) atoms. The number of carbonyl (C=O) groups excluding carboxylic acids is 3. The summed E-state index contributed by atoms with van der Waals surface area (Å²) < 4.78 is 45.7. The zero-order valence-electron chi connectivity index (χ0n) is 35.5. The quantitative estimate of drug-likeness (QED) is 0.180. The fraction of sp³-hybridized carbons (Fsp3) is 0.545. The number of amides is 4. The highest BCUT2D eigenvalue weighted by Gasteiger charge is 2.63. The predicted octanol–water partition coefficient (Wildman–Crippen LogP) is 5.35. The second-order valence-electron chi connectivity index (χ2n) is 17.5. The third kappa shape index (κ3) is 9.26.